The molecule has 0 unspecified atom stereocenters. The fraction of sp³-hybridized carbons (Fsp3) is 0.438. The Morgan fingerprint density at radius 2 is 1.96 bits per heavy atom. The summed E-state index contributed by atoms with van der Waals surface area (Å²) in [5, 5.41) is 13.9. The van der Waals surface area contributed by atoms with Crippen LogP contribution in [0.1, 0.15) is 57.1 Å². The highest BCUT2D eigenvalue weighted by molar-refractivity contribution is 5.93. The summed E-state index contributed by atoms with van der Waals surface area (Å²) in [4.78, 5) is 20.6. The molecule has 126 valence electrons. The van der Waals surface area contributed by atoms with E-state index in [4.69, 9.17) is 0 Å². The molecule has 0 aliphatic heterocycles. The van der Waals surface area contributed by atoms with Gasteiger partial charge in [0.15, 0.2) is 11.5 Å². The highest BCUT2D eigenvalue weighted by Gasteiger charge is 2.16. The molecule has 0 saturated carbocycles. The monoisotopic (exact) mass is 318 g/mol. The number of hydrogen-bond acceptors (Lipinski definition) is 6. The van der Waals surface area contributed by atoms with Gasteiger partial charge in [0.1, 0.15) is 11.6 Å². The van der Waals surface area contributed by atoms with Crippen LogP contribution in [0.25, 0.3) is 0 Å². The first-order valence-corrected chi connectivity index (χ1v) is 7.65. The summed E-state index contributed by atoms with van der Waals surface area (Å²) < 4.78 is 0. The zero-order chi connectivity index (χ0) is 17.0. The van der Waals surface area contributed by atoms with E-state index in [1.54, 1.807) is 7.05 Å². The summed E-state index contributed by atoms with van der Waals surface area (Å²) in [5.41, 5.74) is 2.14. The van der Waals surface area contributed by atoms with Crippen molar-refractivity contribution >= 4 is 17.5 Å². The van der Waals surface area contributed by atoms with Crippen molar-refractivity contribution in [2.75, 3.05) is 12.4 Å². The highest BCUT2D eigenvalue weighted by atomic mass is 16.1. The fourth-order valence-corrected chi connectivity index (χ4v) is 2.21. The van der Waals surface area contributed by atoms with Gasteiger partial charge < -0.3 is 10.6 Å². The van der Waals surface area contributed by atoms with E-state index < -0.39 is 0 Å². The maximum atomic E-state index is 11.9. The van der Waals surface area contributed by atoms with E-state index in [-0.39, 0.29) is 14.7 Å². The molecule has 2 aromatic heterocycles. The number of hydrogen-bond donors (Lipinski definition) is 2. The lowest BCUT2D eigenvalue weighted by molar-refractivity contribution is 0.0955. The van der Waals surface area contributed by atoms with Crippen molar-refractivity contribution in [3.05, 3.63) is 34.9 Å². The Labute approximate surface area is 138 Å². The van der Waals surface area contributed by atoms with Crippen molar-refractivity contribution in [3.63, 3.8) is 0 Å². The SMILES string of the molecule is CCc1cc(Nc2cc(C(C)C)c(C(=O)NC)nn2)nc(C)n1.[HH].[HH]. The predicted molar refractivity (Wildman–Crippen MR) is 93.2 cm³/mol. The molecule has 7 heteroatoms. The molecule has 0 bridgehead atoms. The maximum absolute atomic E-state index is 11.9. The molecular weight excluding hydrogens is 292 g/mol. The lowest BCUT2D eigenvalue weighted by atomic mass is 10.0. The van der Waals surface area contributed by atoms with Gasteiger partial charge in [0, 0.05) is 21.7 Å². The van der Waals surface area contributed by atoms with Crippen LogP contribution in [0.5, 0.6) is 0 Å². The minimum Gasteiger partial charge on any atom is -0.354 e. The fourth-order valence-electron chi connectivity index (χ4n) is 2.21. The number of amides is 1. The van der Waals surface area contributed by atoms with Crippen molar-refractivity contribution < 1.29 is 7.65 Å². The first kappa shape index (κ1) is 16.8. The molecule has 0 aliphatic carbocycles. The van der Waals surface area contributed by atoms with E-state index in [0.29, 0.717) is 23.2 Å². The first-order chi connectivity index (χ1) is 10.9. The van der Waals surface area contributed by atoms with Gasteiger partial charge in [-0.3, -0.25) is 4.79 Å². The van der Waals surface area contributed by atoms with Crippen LogP contribution in [-0.4, -0.2) is 33.1 Å². The molecule has 0 fully saturated rings. The summed E-state index contributed by atoms with van der Waals surface area (Å²) in [5.74, 6) is 1.84. The number of nitrogens with zero attached hydrogens (tertiary/aromatic N) is 4. The first-order valence-electron chi connectivity index (χ1n) is 7.65. The number of aromatic nitrogens is 4. The molecule has 0 radical (unpaired) electrons. The molecule has 0 aromatic carbocycles. The van der Waals surface area contributed by atoms with E-state index in [0.717, 1.165) is 17.7 Å². The summed E-state index contributed by atoms with van der Waals surface area (Å²) >= 11 is 0. The molecule has 7 nitrogen and oxygen atoms in total. The third kappa shape index (κ3) is 4.00. The number of rotatable bonds is 5. The van der Waals surface area contributed by atoms with Gasteiger partial charge in [-0.1, -0.05) is 20.8 Å². The number of carbonyl (C=O) groups excluding carboxylic acids is 1. The van der Waals surface area contributed by atoms with Gasteiger partial charge in [-0.05, 0) is 30.9 Å². The molecule has 23 heavy (non-hydrogen) atoms. The summed E-state index contributed by atoms with van der Waals surface area (Å²) in [6, 6.07) is 3.72. The minimum absolute atomic E-state index is 0. The van der Waals surface area contributed by atoms with Gasteiger partial charge in [-0.25, -0.2) is 9.97 Å². The van der Waals surface area contributed by atoms with Crippen molar-refractivity contribution in [1.82, 2.24) is 25.5 Å². The second-order valence-corrected chi connectivity index (χ2v) is 5.54. The van der Waals surface area contributed by atoms with Gasteiger partial charge in [0.25, 0.3) is 5.91 Å². The van der Waals surface area contributed by atoms with Crippen molar-refractivity contribution in [2.24, 2.45) is 0 Å². The molecular formula is C16H26N6O. The van der Waals surface area contributed by atoms with Crippen molar-refractivity contribution in [1.29, 1.82) is 0 Å². The normalized spacial score (nSPS) is 10.7. The van der Waals surface area contributed by atoms with E-state index >= 15 is 0 Å². The average molecular weight is 318 g/mol. The van der Waals surface area contributed by atoms with E-state index in [2.05, 4.69) is 30.8 Å². The van der Waals surface area contributed by atoms with Crippen LogP contribution < -0.4 is 10.6 Å². The Kier molecular flexibility index (Phi) is 5.20. The number of nitrogens with one attached hydrogen (secondary N) is 2. The van der Waals surface area contributed by atoms with Crippen LogP contribution in [0.15, 0.2) is 12.1 Å². The lowest BCUT2D eigenvalue weighted by Crippen LogP contribution is -2.22. The van der Waals surface area contributed by atoms with Gasteiger partial charge in [-0.15, -0.1) is 10.2 Å². The topological polar surface area (TPSA) is 92.7 Å². The van der Waals surface area contributed by atoms with Crippen LogP contribution in [0.4, 0.5) is 11.6 Å². The van der Waals surface area contributed by atoms with Crippen LogP contribution >= 0.6 is 0 Å². The Balaban J connectivity index is 0.00000288. The lowest BCUT2D eigenvalue weighted by Gasteiger charge is -2.13. The van der Waals surface area contributed by atoms with Crippen LogP contribution in [0.3, 0.4) is 0 Å². The van der Waals surface area contributed by atoms with Crippen molar-refractivity contribution in [2.45, 2.75) is 40.0 Å². The average Bonchev–Trinajstić information content (AvgIpc) is 2.53. The number of anilines is 2. The minimum atomic E-state index is -0.237. The number of carbonyl (C=O) groups is 1. The predicted octanol–water partition coefficient (Wildman–Crippen LogP) is 2.86. The van der Waals surface area contributed by atoms with Gasteiger partial charge in [0.05, 0.1) is 0 Å². The molecule has 0 atom stereocenters. The molecule has 0 aliphatic rings. The second-order valence-electron chi connectivity index (χ2n) is 5.54. The van der Waals surface area contributed by atoms with E-state index in [1.165, 1.54) is 0 Å². The van der Waals surface area contributed by atoms with Gasteiger partial charge >= 0.3 is 0 Å². The Morgan fingerprint density at radius 3 is 2.57 bits per heavy atom. The van der Waals surface area contributed by atoms with Crippen LogP contribution in [-0.2, 0) is 6.42 Å². The van der Waals surface area contributed by atoms with E-state index in [9.17, 15) is 4.79 Å². The maximum Gasteiger partial charge on any atom is 0.271 e. The largest absolute Gasteiger partial charge is 0.354 e. The third-order valence-electron chi connectivity index (χ3n) is 3.40. The van der Waals surface area contributed by atoms with Crippen LogP contribution in [0.2, 0.25) is 0 Å². The van der Waals surface area contributed by atoms with Crippen molar-refractivity contribution in [3.8, 4) is 0 Å². The Hall–Kier alpha value is -2.57. The van der Waals surface area contributed by atoms with Crippen LogP contribution in [0, 0.1) is 6.92 Å². The summed E-state index contributed by atoms with van der Waals surface area (Å²) in [6.07, 6.45) is 0.830. The van der Waals surface area contributed by atoms with Gasteiger partial charge in [0.2, 0.25) is 0 Å². The van der Waals surface area contributed by atoms with Gasteiger partial charge in [-0.2, -0.15) is 0 Å². The molecule has 0 saturated heterocycles. The zero-order valence-electron chi connectivity index (χ0n) is 14.1. The molecule has 2 N–H and O–H groups in total. The quantitative estimate of drug-likeness (QED) is 0.880. The molecule has 2 rings (SSSR count). The number of aryl methyl sites for hydroxylation is 2. The second kappa shape index (κ2) is 7.13. The smallest absolute Gasteiger partial charge is 0.271 e. The van der Waals surface area contributed by atoms with E-state index in [1.807, 2.05) is 39.8 Å². The molecule has 2 heterocycles. The summed E-state index contributed by atoms with van der Waals surface area (Å²) in [7, 11) is 1.58. The Morgan fingerprint density at radius 1 is 1.22 bits per heavy atom. The third-order valence-corrected chi connectivity index (χ3v) is 3.40. The zero-order valence-corrected chi connectivity index (χ0v) is 14.1. The molecule has 1 amide bonds. The highest BCUT2D eigenvalue weighted by Crippen LogP contribution is 2.22. The Bertz CT molecular complexity index is 724. The standard InChI is InChI=1S/C16H22N6O.2H2/c1-6-11-7-13(19-10(4)18-11)20-14-8-12(9(2)3)15(22-21-14)16(23)17-5;;/h7-9H,6H2,1-5H3,(H,17,23)(H,18,19,20,21);2*1H. The molecule has 0 spiro atoms. The molecule has 2 aromatic rings. The summed E-state index contributed by atoms with van der Waals surface area (Å²) in [6.45, 7) is 7.92.